The number of pyridine rings is 1. The second kappa shape index (κ2) is 4.77. The molecule has 2 heteroatoms. The number of likely N-dealkylation sites (tertiary alicyclic amines) is 1. The quantitative estimate of drug-likeness (QED) is 0.778. The van der Waals surface area contributed by atoms with Crippen molar-refractivity contribution in [3.05, 3.63) is 29.6 Å². The third-order valence-corrected chi connectivity index (χ3v) is 3.83. The van der Waals surface area contributed by atoms with Crippen molar-refractivity contribution in [3.63, 3.8) is 0 Å². The van der Waals surface area contributed by atoms with Gasteiger partial charge >= 0.3 is 0 Å². The molecule has 0 aliphatic carbocycles. The molecule has 1 aromatic heterocycles. The lowest BCUT2D eigenvalue weighted by molar-refractivity contribution is 0.225. The van der Waals surface area contributed by atoms with E-state index in [0.29, 0.717) is 5.41 Å². The van der Waals surface area contributed by atoms with Crippen LogP contribution in [0.5, 0.6) is 0 Å². The lowest BCUT2D eigenvalue weighted by Crippen LogP contribution is -2.26. The van der Waals surface area contributed by atoms with Gasteiger partial charge in [-0.15, -0.1) is 0 Å². The van der Waals surface area contributed by atoms with Gasteiger partial charge in [0.25, 0.3) is 0 Å². The first-order valence-electron chi connectivity index (χ1n) is 6.60. The van der Waals surface area contributed by atoms with Gasteiger partial charge in [0.2, 0.25) is 0 Å². The predicted molar refractivity (Wildman–Crippen MR) is 71.8 cm³/mol. The van der Waals surface area contributed by atoms with Crippen molar-refractivity contribution in [2.45, 2.75) is 40.7 Å². The molecule has 0 aromatic carbocycles. The van der Waals surface area contributed by atoms with E-state index < -0.39 is 0 Å². The van der Waals surface area contributed by atoms with Crippen LogP contribution in [0, 0.1) is 18.3 Å². The lowest BCUT2D eigenvalue weighted by atomic mass is 9.80. The highest BCUT2D eigenvalue weighted by molar-refractivity contribution is 5.10. The van der Waals surface area contributed by atoms with E-state index in [-0.39, 0.29) is 0 Å². The van der Waals surface area contributed by atoms with E-state index in [1.54, 1.807) is 0 Å². The fraction of sp³-hybridized carbons (Fsp3) is 0.667. The van der Waals surface area contributed by atoms with Crippen molar-refractivity contribution in [2.75, 3.05) is 13.1 Å². The van der Waals surface area contributed by atoms with Crippen LogP contribution in [0.3, 0.4) is 0 Å². The van der Waals surface area contributed by atoms with Gasteiger partial charge in [0.1, 0.15) is 0 Å². The Morgan fingerprint density at radius 1 is 1.35 bits per heavy atom. The molecule has 2 rings (SSSR count). The van der Waals surface area contributed by atoms with Gasteiger partial charge in [0.15, 0.2) is 0 Å². The van der Waals surface area contributed by atoms with Gasteiger partial charge < -0.3 is 0 Å². The minimum absolute atomic E-state index is 0.439. The molecule has 1 aliphatic rings. The van der Waals surface area contributed by atoms with Crippen molar-refractivity contribution in [3.8, 4) is 0 Å². The van der Waals surface area contributed by atoms with Crippen molar-refractivity contribution in [1.82, 2.24) is 9.88 Å². The third-order valence-electron chi connectivity index (χ3n) is 3.83. The molecule has 17 heavy (non-hydrogen) atoms. The fourth-order valence-electron chi connectivity index (χ4n) is 2.60. The van der Waals surface area contributed by atoms with Gasteiger partial charge in [-0.25, -0.2) is 0 Å². The van der Waals surface area contributed by atoms with Crippen molar-refractivity contribution >= 4 is 0 Å². The molecule has 1 aliphatic heterocycles. The molecule has 0 amide bonds. The van der Waals surface area contributed by atoms with E-state index in [1.807, 2.05) is 0 Å². The Balaban J connectivity index is 1.94. The molecular weight excluding hydrogens is 208 g/mol. The van der Waals surface area contributed by atoms with E-state index in [2.05, 4.69) is 55.8 Å². The molecule has 94 valence electrons. The number of rotatable bonds is 2. The number of hydrogen-bond acceptors (Lipinski definition) is 2. The van der Waals surface area contributed by atoms with E-state index >= 15 is 0 Å². The maximum Gasteiger partial charge on any atom is 0.0547 e. The lowest BCUT2D eigenvalue weighted by Gasteiger charge is -2.27. The molecule has 0 radical (unpaired) electrons. The zero-order chi connectivity index (χ0) is 12.5. The minimum Gasteiger partial charge on any atom is -0.297 e. The van der Waals surface area contributed by atoms with Crippen molar-refractivity contribution in [1.29, 1.82) is 0 Å². The summed E-state index contributed by atoms with van der Waals surface area (Å²) in [7, 11) is 0. The average molecular weight is 232 g/mol. The summed E-state index contributed by atoms with van der Waals surface area (Å²) in [6, 6.07) is 6.30. The summed E-state index contributed by atoms with van der Waals surface area (Å²) in [6.07, 6.45) is 1.33. The summed E-state index contributed by atoms with van der Waals surface area (Å²) in [5.74, 6) is 0.826. The molecule has 0 N–H and O–H groups in total. The normalized spacial score (nSPS) is 22.0. The first-order valence-corrected chi connectivity index (χ1v) is 6.60. The van der Waals surface area contributed by atoms with Crippen LogP contribution >= 0.6 is 0 Å². The van der Waals surface area contributed by atoms with E-state index in [1.165, 1.54) is 25.2 Å². The van der Waals surface area contributed by atoms with E-state index in [4.69, 9.17) is 0 Å². The highest BCUT2D eigenvalue weighted by Crippen LogP contribution is 2.33. The zero-order valence-corrected chi connectivity index (χ0v) is 11.5. The molecule has 1 fully saturated rings. The van der Waals surface area contributed by atoms with Crippen LogP contribution in [0.2, 0.25) is 0 Å². The van der Waals surface area contributed by atoms with Crippen LogP contribution in [0.1, 0.15) is 38.6 Å². The van der Waals surface area contributed by atoms with E-state index in [9.17, 15) is 0 Å². The highest BCUT2D eigenvalue weighted by Gasteiger charge is 2.31. The molecular formula is C15H24N2. The van der Waals surface area contributed by atoms with Crippen LogP contribution in [-0.4, -0.2) is 23.0 Å². The second-order valence-electron chi connectivity index (χ2n) is 6.36. The maximum absolute atomic E-state index is 4.58. The van der Waals surface area contributed by atoms with Gasteiger partial charge in [-0.1, -0.05) is 26.8 Å². The topological polar surface area (TPSA) is 16.1 Å². The monoisotopic (exact) mass is 232 g/mol. The molecule has 1 saturated heterocycles. The Bertz CT molecular complexity index is 379. The number of aromatic nitrogens is 1. The van der Waals surface area contributed by atoms with Gasteiger partial charge in [-0.3, -0.25) is 9.88 Å². The molecule has 0 spiro atoms. The molecule has 2 heterocycles. The molecule has 0 saturated carbocycles. The summed E-state index contributed by atoms with van der Waals surface area (Å²) in [5.41, 5.74) is 2.77. The van der Waals surface area contributed by atoms with Crippen LogP contribution < -0.4 is 0 Å². The summed E-state index contributed by atoms with van der Waals surface area (Å²) in [6.45, 7) is 12.6. The SMILES string of the molecule is Cc1cccc(CN2CCC(C(C)(C)C)C2)n1. The van der Waals surface area contributed by atoms with Crippen LogP contribution in [0.4, 0.5) is 0 Å². The Hall–Kier alpha value is -0.890. The first-order chi connectivity index (χ1) is 7.95. The van der Waals surface area contributed by atoms with Crippen molar-refractivity contribution < 1.29 is 0 Å². The average Bonchev–Trinajstić information content (AvgIpc) is 2.65. The molecule has 1 atom stereocenters. The Kier molecular flexibility index (Phi) is 3.53. The summed E-state index contributed by atoms with van der Waals surface area (Å²) in [5, 5.41) is 0. The smallest absolute Gasteiger partial charge is 0.0547 e. The highest BCUT2D eigenvalue weighted by atomic mass is 15.2. The third kappa shape index (κ3) is 3.29. The minimum atomic E-state index is 0.439. The molecule has 1 aromatic rings. The maximum atomic E-state index is 4.58. The summed E-state index contributed by atoms with van der Waals surface area (Å²) in [4.78, 5) is 7.12. The number of nitrogens with zero attached hydrogens (tertiary/aromatic N) is 2. The second-order valence-corrected chi connectivity index (χ2v) is 6.36. The van der Waals surface area contributed by atoms with E-state index in [0.717, 1.165) is 18.2 Å². The Morgan fingerprint density at radius 3 is 2.71 bits per heavy atom. The Morgan fingerprint density at radius 2 is 2.12 bits per heavy atom. The molecule has 2 nitrogen and oxygen atoms in total. The van der Waals surface area contributed by atoms with Crippen LogP contribution in [0.25, 0.3) is 0 Å². The van der Waals surface area contributed by atoms with Crippen LogP contribution in [-0.2, 0) is 6.54 Å². The Labute approximate surface area is 105 Å². The number of hydrogen-bond donors (Lipinski definition) is 0. The van der Waals surface area contributed by atoms with Gasteiger partial charge in [-0.2, -0.15) is 0 Å². The predicted octanol–water partition coefficient (Wildman–Crippen LogP) is 3.26. The summed E-state index contributed by atoms with van der Waals surface area (Å²) < 4.78 is 0. The molecule has 1 unspecified atom stereocenters. The number of aryl methyl sites for hydroxylation is 1. The zero-order valence-electron chi connectivity index (χ0n) is 11.5. The van der Waals surface area contributed by atoms with Crippen molar-refractivity contribution in [2.24, 2.45) is 11.3 Å². The van der Waals surface area contributed by atoms with Gasteiger partial charge in [-0.05, 0) is 43.4 Å². The fourth-order valence-corrected chi connectivity index (χ4v) is 2.60. The largest absolute Gasteiger partial charge is 0.297 e. The summed E-state index contributed by atoms with van der Waals surface area (Å²) >= 11 is 0. The van der Waals surface area contributed by atoms with Gasteiger partial charge in [0.05, 0.1) is 5.69 Å². The first kappa shape index (κ1) is 12.6. The molecule has 0 bridgehead atoms. The van der Waals surface area contributed by atoms with Gasteiger partial charge in [0, 0.05) is 18.8 Å². The van der Waals surface area contributed by atoms with Crippen LogP contribution in [0.15, 0.2) is 18.2 Å². The standard InChI is InChI=1S/C15H24N2/c1-12-6-5-7-14(16-12)11-17-9-8-13(10-17)15(2,3)4/h5-7,13H,8-11H2,1-4H3.